The second-order valence-electron chi connectivity index (χ2n) is 8.11. The van der Waals surface area contributed by atoms with Crippen molar-refractivity contribution in [2.45, 2.75) is 45.8 Å². The number of carbonyl (C=O) groups is 2. The Morgan fingerprint density at radius 1 is 1.29 bits per heavy atom. The summed E-state index contributed by atoms with van der Waals surface area (Å²) in [5.41, 5.74) is 2.82. The predicted octanol–water partition coefficient (Wildman–Crippen LogP) is 3.74. The maximum Gasteiger partial charge on any atom is 0.410 e. The highest BCUT2D eigenvalue weighted by Crippen LogP contribution is 2.29. The van der Waals surface area contributed by atoms with Gasteiger partial charge in [0.1, 0.15) is 0 Å². The third-order valence-corrected chi connectivity index (χ3v) is 6.30. The summed E-state index contributed by atoms with van der Waals surface area (Å²) in [6.45, 7) is 6.70. The molecule has 31 heavy (non-hydrogen) atoms. The lowest BCUT2D eigenvalue weighted by molar-refractivity contribution is 0.0668. The summed E-state index contributed by atoms with van der Waals surface area (Å²) in [6.07, 6.45) is 0.954. The molecular weight excluding hydrogens is 414 g/mol. The molecule has 0 unspecified atom stereocenters. The van der Waals surface area contributed by atoms with E-state index in [1.165, 1.54) is 0 Å². The Balaban J connectivity index is 1.54. The van der Waals surface area contributed by atoms with Crippen molar-refractivity contribution in [2.75, 3.05) is 13.1 Å². The topological polar surface area (TPSA) is 89.4 Å². The summed E-state index contributed by atoms with van der Waals surface area (Å²) in [5, 5.41) is 10.4. The van der Waals surface area contributed by atoms with Crippen LogP contribution >= 0.6 is 11.3 Å². The maximum atomic E-state index is 13.3. The molecule has 1 saturated heterocycles. The minimum absolute atomic E-state index is 0.000908. The van der Waals surface area contributed by atoms with Crippen molar-refractivity contribution in [1.29, 1.82) is 0 Å². The highest BCUT2D eigenvalue weighted by molar-refractivity contribution is 7.13. The maximum absolute atomic E-state index is 13.3. The number of aromatic nitrogens is 3. The van der Waals surface area contributed by atoms with Crippen LogP contribution in [0.1, 0.15) is 42.7 Å². The first kappa shape index (κ1) is 21.3. The number of thiophene rings is 1. The van der Waals surface area contributed by atoms with Crippen LogP contribution in [0, 0.1) is 6.92 Å². The second-order valence-corrected chi connectivity index (χ2v) is 9.05. The van der Waals surface area contributed by atoms with E-state index in [0.29, 0.717) is 37.1 Å². The lowest BCUT2D eigenvalue weighted by atomic mass is 10.0. The molecule has 8 nitrogen and oxygen atoms in total. The van der Waals surface area contributed by atoms with E-state index in [-0.39, 0.29) is 24.1 Å². The van der Waals surface area contributed by atoms with Gasteiger partial charge in [-0.2, -0.15) is 5.10 Å². The van der Waals surface area contributed by atoms with E-state index in [4.69, 9.17) is 9.72 Å². The van der Waals surface area contributed by atoms with Crippen molar-refractivity contribution in [3.8, 4) is 10.6 Å². The fraction of sp³-hybridized carbons (Fsp3) is 0.455. The molecular formula is C22H27N5O3S. The molecule has 1 fully saturated rings. The number of hydrogen-bond acceptors (Lipinski definition) is 6. The van der Waals surface area contributed by atoms with Gasteiger partial charge >= 0.3 is 6.09 Å². The smallest absolute Gasteiger partial charge is 0.410 e. The molecule has 9 heteroatoms. The van der Waals surface area contributed by atoms with E-state index < -0.39 is 0 Å². The largest absolute Gasteiger partial charge is 0.447 e. The standard InChI is InChI=1S/C22H27N5O3S/c1-13(2)30-22(29)27-9-7-15(8-10-27)23-21(28)16-12-17(18-6-5-11-31-18)24-20-19(16)14(3)25-26(20)4/h5-6,11-13,15H,7-10H2,1-4H3,(H,23,28). The summed E-state index contributed by atoms with van der Waals surface area (Å²) in [6, 6.07) is 5.82. The monoisotopic (exact) mass is 441 g/mol. The zero-order valence-electron chi connectivity index (χ0n) is 18.2. The fourth-order valence-electron chi connectivity index (χ4n) is 3.92. The van der Waals surface area contributed by atoms with Crippen LogP contribution < -0.4 is 5.32 Å². The minimum atomic E-state index is -0.290. The van der Waals surface area contributed by atoms with Crippen LogP contribution in [0.5, 0.6) is 0 Å². The van der Waals surface area contributed by atoms with Crippen LogP contribution in [0.4, 0.5) is 4.79 Å². The average molecular weight is 442 g/mol. The summed E-state index contributed by atoms with van der Waals surface area (Å²) in [7, 11) is 1.84. The number of nitrogens with one attached hydrogen (secondary N) is 1. The van der Waals surface area contributed by atoms with Gasteiger partial charge in [0, 0.05) is 26.2 Å². The molecule has 0 bridgehead atoms. The van der Waals surface area contributed by atoms with E-state index in [1.54, 1.807) is 20.9 Å². The van der Waals surface area contributed by atoms with Crippen molar-refractivity contribution in [3.63, 3.8) is 0 Å². The first-order valence-electron chi connectivity index (χ1n) is 10.5. The minimum Gasteiger partial charge on any atom is -0.447 e. The Labute approximate surface area is 185 Å². The van der Waals surface area contributed by atoms with Crippen LogP contribution in [-0.2, 0) is 11.8 Å². The molecule has 1 aliphatic rings. The number of fused-ring (bicyclic) bond motifs is 1. The predicted molar refractivity (Wildman–Crippen MR) is 120 cm³/mol. The Kier molecular flexibility index (Phi) is 5.95. The third-order valence-electron chi connectivity index (χ3n) is 5.41. The summed E-state index contributed by atoms with van der Waals surface area (Å²) in [5.74, 6) is -0.135. The second kappa shape index (κ2) is 8.66. The Bertz CT molecular complexity index is 1100. The molecule has 3 aromatic heterocycles. The molecule has 3 aromatic rings. The SMILES string of the molecule is Cc1nn(C)c2nc(-c3cccs3)cc(C(=O)NC3CCN(C(=O)OC(C)C)CC3)c12. The first-order valence-corrected chi connectivity index (χ1v) is 11.4. The van der Waals surface area contributed by atoms with Crippen LogP contribution in [0.25, 0.3) is 21.6 Å². The average Bonchev–Trinajstić information content (AvgIpc) is 3.36. The molecule has 0 radical (unpaired) electrons. The molecule has 164 valence electrons. The molecule has 1 N–H and O–H groups in total. The molecule has 0 atom stereocenters. The number of ether oxygens (including phenoxy) is 1. The van der Waals surface area contributed by atoms with Gasteiger partial charge in [0.2, 0.25) is 0 Å². The molecule has 0 spiro atoms. The van der Waals surface area contributed by atoms with Crippen LogP contribution in [0.15, 0.2) is 23.6 Å². The van der Waals surface area contributed by atoms with E-state index in [9.17, 15) is 9.59 Å². The number of pyridine rings is 1. The van der Waals surface area contributed by atoms with Crippen molar-refractivity contribution in [1.82, 2.24) is 25.0 Å². The van der Waals surface area contributed by atoms with Gasteiger partial charge in [-0.1, -0.05) is 6.07 Å². The molecule has 1 aliphatic heterocycles. The number of carbonyl (C=O) groups excluding carboxylic acids is 2. The van der Waals surface area contributed by atoms with E-state index in [2.05, 4.69) is 10.4 Å². The number of hydrogen-bond donors (Lipinski definition) is 1. The molecule has 0 aromatic carbocycles. The van der Waals surface area contributed by atoms with Crippen LogP contribution in [0.2, 0.25) is 0 Å². The number of aryl methyl sites for hydroxylation is 2. The summed E-state index contributed by atoms with van der Waals surface area (Å²) < 4.78 is 6.99. The van der Waals surface area contributed by atoms with Crippen LogP contribution in [0.3, 0.4) is 0 Å². The Morgan fingerprint density at radius 2 is 2.03 bits per heavy atom. The van der Waals surface area contributed by atoms with E-state index >= 15 is 0 Å². The van der Waals surface area contributed by atoms with Crippen LogP contribution in [-0.4, -0.2) is 56.9 Å². The quantitative estimate of drug-likeness (QED) is 0.666. The molecule has 4 rings (SSSR count). The van der Waals surface area contributed by atoms with Crippen molar-refractivity contribution in [2.24, 2.45) is 7.05 Å². The molecule has 0 saturated carbocycles. The normalized spacial score (nSPS) is 14.9. The zero-order chi connectivity index (χ0) is 22.1. The van der Waals surface area contributed by atoms with Crippen molar-refractivity contribution >= 4 is 34.4 Å². The third kappa shape index (κ3) is 4.41. The van der Waals surface area contributed by atoms with Gasteiger partial charge in [0.15, 0.2) is 5.65 Å². The number of amides is 2. The van der Waals surface area contributed by atoms with Crippen molar-refractivity contribution in [3.05, 3.63) is 34.8 Å². The van der Waals surface area contributed by atoms with E-state index in [0.717, 1.165) is 21.7 Å². The number of rotatable bonds is 4. The Hall–Kier alpha value is -2.94. The van der Waals surface area contributed by atoms with Gasteiger partial charge in [-0.25, -0.2) is 9.78 Å². The van der Waals surface area contributed by atoms with Crippen molar-refractivity contribution < 1.29 is 14.3 Å². The summed E-state index contributed by atoms with van der Waals surface area (Å²) in [4.78, 5) is 32.9. The van der Waals surface area contributed by atoms with Gasteiger partial charge in [-0.15, -0.1) is 11.3 Å². The van der Waals surface area contributed by atoms with Gasteiger partial charge in [0.25, 0.3) is 5.91 Å². The first-order chi connectivity index (χ1) is 14.8. The van der Waals surface area contributed by atoms with Gasteiger partial charge in [-0.3, -0.25) is 9.48 Å². The lowest BCUT2D eigenvalue weighted by Crippen LogP contribution is -2.47. The Morgan fingerprint density at radius 3 is 2.68 bits per heavy atom. The van der Waals surface area contributed by atoms with Gasteiger partial charge in [0.05, 0.1) is 33.3 Å². The van der Waals surface area contributed by atoms with Gasteiger partial charge < -0.3 is 15.0 Å². The number of nitrogens with zero attached hydrogens (tertiary/aromatic N) is 4. The highest BCUT2D eigenvalue weighted by atomic mass is 32.1. The highest BCUT2D eigenvalue weighted by Gasteiger charge is 2.27. The fourth-order valence-corrected chi connectivity index (χ4v) is 4.61. The number of piperidine rings is 1. The van der Waals surface area contributed by atoms with E-state index in [1.807, 2.05) is 51.4 Å². The molecule has 0 aliphatic carbocycles. The lowest BCUT2D eigenvalue weighted by Gasteiger charge is -2.32. The van der Waals surface area contributed by atoms with Gasteiger partial charge in [-0.05, 0) is 51.1 Å². The summed E-state index contributed by atoms with van der Waals surface area (Å²) >= 11 is 1.59. The zero-order valence-corrected chi connectivity index (χ0v) is 19.0. The molecule has 2 amide bonds. The number of likely N-dealkylation sites (tertiary alicyclic amines) is 1. The molecule has 4 heterocycles.